The molecule has 0 atom stereocenters. The highest BCUT2D eigenvalue weighted by Crippen LogP contribution is 2.29. The molecule has 0 saturated carbocycles. The van der Waals surface area contributed by atoms with Gasteiger partial charge < -0.3 is 15.0 Å². The van der Waals surface area contributed by atoms with E-state index in [1.807, 2.05) is 54.6 Å². The second-order valence-corrected chi connectivity index (χ2v) is 8.42. The molecule has 36 heavy (non-hydrogen) atoms. The number of pyridine rings is 1. The first kappa shape index (κ1) is 21.5. The number of ether oxygens (including phenoxy) is 1. The molecule has 0 aliphatic rings. The van der Waals surface area contributed by atoms with Crippen LogP contribution in [-0.4, -0.2) is 28.0 Å². The zero-order chi connectivity index (χ0) is 24.6. The van der Waals surface area contributed by atoms with Gasteiger partial charge >= 0.3 is 0 Å². The Labute approximate surface area is 205 Å². The van der Waals surface area contributed by atoms with Crippen molar-refractivity contribution in [2.75, 3.05) is 12.4 Å². The molecule has 2 aromatic heterocycles. The zero-order valence-corrected chi connectivity index (χ0v) is 19.3. The fraction of sp³-hybridized carbons (Fsp3) is 0.0345. The smallest absolute Gasteiger partial charge is 0.258 e. The summed E-state index contributed by atoms with van der Waals surface area (Å²) in [6, 6.07) is 26.4. The van der Waals surface area contributed by atoms with Gasteiger partial charge in [-0.1, -0.05) is 36.4 Å². The minimum absolute atomic E-state index is 0.262. The first-order valence-electron chi connectivity index (χ1n) is 11.4. The SMILES string of the molecule is COc1ccc2cc(-c3cc(C(=O)Nc4ccc5nc[nH]c(=O)c5c4)c4ccccc4n3)ccc2c1. The predicted octanol–water partition coefficient (Wildman–Crippen LogP) is 5.55. The highest BCUT2D eigenvalue weighted by Gasteiger charge is 2.15. The molecule has 0 aliphatic carbocycles. The van der Waals surface area contributed by atoms with Crippen LogP contribution in [0.3, 0.4) is 0 Å². The molecule has 0 bridgehead atoms. The molecule has 6 aromatic rings. The van der Waals surface area contributed by atoms with Crippen LogP contribution in [-0.2, 0) is 0 Å². The summed E-state index contributed by atoms with van der Waals surface area (Å²) in [6.07, 6.45) is 1.36. The largest absolute Gasteiger partial charge is 0.497 e. The molecule has 7 nitrogen and oxygen atoms in total. The summed E-state index contributed by atoms with van der Waals surface area (Å²) in [7, 11) is 1.65. The number of para-hydroxylation sites is 1. The van der Waals surface area contributed by atoms with Crippen LogP contribution < -0.4 is 15.6 Å². The number of carbonyl (C=O) groups excluding carboxylic acids is 1. The molecule has 0 saturated heterocycles. The molecular formula is C29H20N4O3. The van der Waals surface area contributed by atoms with E-state index < -0.39 is 0 Å². The Morgan fingerprint density at radius 2 is 1.69 bits per heavy atom. The molecule has 2 N–H and O–H groups in total. The van der Waals surface area contributed by atoms with E-state index in [9.17, 15) is 9.59 Å². The lowest BCUT2D eigenvalue weighted by Crippen LogP contribution is -2.14. The standard InChI is InChI=1S/C29H20N4O3/c1-36-21-10-8-17-12-19(7-6-18(17)13-21)27-15-23(22-4-2-3-5-26(22)33-27)29(35)32-20-9-11-25-24(14-20)28(34)31-16-30-25/h2-16H,1H3,(H,32,35)(H,30,31,34). The third-order valence-electron chi connectivity index (χ3n) is 6.20. The summed E-state index contributed by atoms with van der Waals surface area (Å²) in [5, 5.41) is 6.17. The number of H-pyrrole nitrogens is 1. The molecule has 4 aromatic carbocycles. The van der Waals surface area contributed by atoms with Crippen molar-refractivity contribution in [2.45, 2.75) is 0 Å². The molecule has 6 rings (SSSR count). The summed E-state index contributed by atoms with van der Waals surface area (Å²) in [5.74, 6) is 0.504. The van der Waals surface area contributed by atoms with Gasteiger partial charge in [-0.3, -0.25) is 9.59 Å². The fourth-order valence-corrected chi connectivity index (χ4v) is 4.37. The minimum atomic E-state index is -0.292. The van der Waals surface area contributed by atoms with Crippen molar-refractivity contribution in [2.24, 2.45) is 0 Å². The maximum Gasteiger partial charge on any atom is 0.258 e. The lowest BCUT2D eigenvalue weighted by atomic mass is 10.0. The normalized spacial score (nSPS) is 11.1. The van der Waals surface area contributed by atoms with E-state index in [0.717, 1.165) is 27.5 Å². The van der Waals surface area contributed by atoms with E-state index in [0.29, 0.717) is 33.4 Å². The van der Waals surface area contributed by atoms with Crippen LogP contribution in [0.2, 0.25) is 0 Å². The van der Waals surface area contributed by atoms with E-state index >= 15 is 0 Å². The Morgan fingerprint density at radius 3 is 2.58 bits per heavy atom. The van der Waals surface area contributed by atoms with Crippen molar-refractivity contribution >= 4 is 44.2 Å². The van der Waals surface area contributed by atoms with Gasteiger partial charge in [-0.05, 0) is 59.3 Å². The van der Waals surface area contributed by atoms with Crippen LogP contribution in [0.5, 0.6) is 5.75 Å². The fourth-order valence-electron chi connectivity index (χ4n) is 4.37. The van der Waals surface area contributed by atoms with Gasteiger partial charge in [0.15, 0.2) is 0 Å². The van der Waals surface area contributed by atoms with Crippen LogP contribution in [0.25, 0.3) is 43.8 Å². The van der Waals surface area contributed by atoms with Gasteiger partial charge in [-0.25, -0.2) is 9.97 Å². The van der Waals surface area contributed by atoms with Crippen LogP contribution in [0.15, 0.2) is 96.1 Å². The molecule has 0 unspecified atom stereocenters. The van der Waals surface area contributed by atoms with E-state index in [4.69, 9.17) is 9.72 Å². The van der Waals surface area contributed by atoms with Gasteiger partial charge in [0, 0.05) is 16.6 Å². The van der Waals surface area contributed by atoms with Gasteiger partial charge in [0.25, 0.3) is 11.5 Å². The summed E-state index contributed by atoms with van der Waals surface area (Å²) >= 11 is 0. The quantitative estimate of drug-likeness (QED) is 0.351. The van der Waals surface area contributed by atoms with Crippen molar-refractivity contribution in [3.63, 3.8) is 0 Å². The van der Waals surface area contributed by atoms with E-state index in [1.165, 1.54) is 6.33 Å². The number of fused-ring (bicyclic) bond motifs is 3. The topological polar surface area (TPSA) is 97.0 Å². The number of nitrogens with zero attached hydrogens (tertiary/aromatic N) is 2. The van der Waals surface area contributed by atoms with Gasteiger partial charge in [-0.2, -0.15) is 0 Å². The maximum absolute atomic E-state index is 13.5. The van der Waals surface area contributed by atoms with Crippen LogP contribution in [0.1, 0.15) is 10.4 Å². The number of hydrogen-bond donors (Lipinski definition) is 2. The number of hydrogen-bond acceptors (Lipinski definition) is 5. The van der Waals surface area contributed by atoms with Gasteiger partial charge in [0.05, 0.1) is 41.1 Å². The molecule has 174 valence electrons. The monoisotopic (exact) mass is 472 g/mol. The first-order valence-corrected chi connectivity index (χ1v) is 11.4. The number of nitrogens with one attached hydrogen (secondary N) is 2. The van der Waals surface area contributed by atoms with E-state index in [2.05, 4.69) is 21.4 Å². The molecule has 0 aliphatic heterocycles. The van der Waals surface area contributed by atoms with Gasteiger partial charge in [0.2, 0.25) is 0 Å². The number of rotatable bonds is 4. The lowest BCUT2D eigenvalue weighted by Gasteiger charge is -2.12. The number of benzene rings is 4. The number of carbonyl (C=O) groups is 1. The maximum atomic E-state index is 13.5. The molecule has 0 spiro atoms. The van der Waals surface area contributed by atoms with Crippen molar-refractivity contribution in [3.8, 4) is 17.0 Å². The zero-order valence-electron chi connectivity index (χ0n) is 19.3. The Balaban J connectivity index is 1.43. The minimum Gasteiger partial charge on any atom is -0.497 e. The number of anilines is 1. The van der Waals surface area contributed by atoms with Crippen LogP contribution >= 0.6 is 0 Å². The van der Waals surface area contributed by atoms with Crippen molar-refractivity contribution in [1.82, 2.24) is 15.0 Å². The molecule has 0 radical (unpaired) electrons. The van der Waals surface area contributed by atoms with E-state index in [-0.39, 0.29) is 11.5 Å². The molecule has 0 fully saturated rings. The number of methoxy groups -OCH3 is 1. The van der Waals surface area contributed by atoms with Crippen molar-refractivity contribution < 1.29 is 9.53 Å². The summed E-state index contributed by atoms with van der Waals surface area (Å²) < 4.78 is 5.33. The average Bonchev–Trinajstić information content (AvgIpc) is 2.92. The number of amides is 1. The summed E-state index contributed by atoms with van der Waals surface area (Å²) in [6.45, 7) is 0. The number of aromatic nitrogens is 3. The summed E-state index contributed by atoms with van der Waals surface area (Å²) in [4.78, 5) is 37.2. The van der Waals surface area contributed by atoms with Gasteiger partial charge in [0.1, 0.15) is 5.75 Å². The summed E-state index contributed by atoms with van der Waals surface area (Å²) in [5.41, 5.74) is 3.60. The van der Waals surface area contributed by atoms with Crippen molar-refractivity contribution in [3.05, 3.63) is 107 Å². The second kappa shape index (κ2) is 8.63. The molecule has 1 amide bonds. The highest BCUT2D eigenvalue weighted by molar-refractivity contribution is 6.13. The molecular weight excluding hydrogens is 452 g/mol. The molecule has 2 heterocycles. The number of aromatic amines is 1. The highest BCUT2D eigenvalue weighted by atomic mass is 16.5. The lowest BCUT2D eigenvalue weighted by molar-refractivity contribution is 0.102. The van der Waals surface area contributed by atoms with Gasteiger partial charge in [-0.15, -0.1) is 0 Å². The van der Waals surface area contributed by atoms with E-state index in [1.54, 1.807) is 31.4 Å². The second-order valence-electron chi connectivity index (χ2n) is 8.42. The van der Waals surface area contributed by atoms with Crippen LogP contribution in [0, 0.1) is 0 Å². The average molecular weight is 473 g/mol. The third kappa shape index (κ3) is 3.82. The molecule has 7 heteroatoms. The Bertz CT molecular complexity index is 1860. The Hall–Kier alpha value is -5.04. The predicted molar refractivity (Wildman–Crippen MR) is 142 cm³/mol. The third-order valence-corrected chi connectivity index (χ3v) is 6.20. The van der Waals surface area contributed by atoms with Crippen LogP contribution in [0.4, 0.5) is 5.69 Å². The van der Waals surface area contributed by atoms with Crippen molar-refractivity contribution in [1.29, 1.82) is 0 Å². The first-order chi connectivity index (χ1) is 17.6. The Morgan fingerprint density at radius 1 is 0.861 bits per heavy atom. The Kier molecular flexibility index (Phi) is 5.15.